The monoisotopic (exact) mass is 474 g/mol. The summed E-state index contributed by atoms with van der Waals surface area (Å²) in [5, 5.41) is 10.8. The fourth-order valence-corrected chi connectivity index (χ4v) is 3.98. The Labute approximate surface area is 202 Å². The second kappa shape index (κ2) is 10.4. The fraction of sp³-hybridized carbons (Fsp3) is 0.115. The van der Waals surface area contributed by atoms with E-state index in [2.05, 4.69) is 46.8 Å². The molecule has 1 heterocycles. The van der Waals surface area contributed by atoms with Gasteiger partial charge >= 0.3 is 0 Å². The lowest BCUT2D eigenvalue weighted by Gasteiger charge is -2.04. The topological polar surface area (TPSA) is 66.4 Å². The highest BCUT2D eigenvalue weighted by atomic mass is 35.5. The molecule has 0 aliphatic heterocycles. The summed E-state index contributed by atoms with van der Waals surface area (Å²) in [5.41, 5.74) is 8.00. The van der Waals surface area contributed by atoms with E-state index in [1.165, 1.54) is 16.9 Å². The van der Waals surface area contributed by atoms with E-state index in [0.717, 1.165) is 27.6 Å². The lowest BCUT2D eigenvalue weighted by Crippen LogP contribution is -2.17. The number of halogens is 1. The van der Waals surface area contributed by atoms with Crippen LogP contribution >= 0.6 is 22.9 Å². The van der Waals surface area contributed by atoms with Gasteiger partial charge in [-0.2, -0.15) is 5.10 Å². The second-order valence-electron chi connectivity index (χ2n) is 7.77. The molecular formula is C26H23ClN4OS. The zero-order valence-electron chi connectivity index (χ0n) is 18.2. The molecule has 0 bridgehead atoms. The maximum atomic E-state index is 12.4. The summed E-state index contributed by atoms with van der Waals surface area (Å²) in [4.78, 5) is 17.0. The Hall–Kier alpha value is -3.48. The van der Waals surface area contributed by atoms with E-state index in [9.17, 15) is 4.79 Å². The molecule has 4 aromatic rings. The molecule has 0 spiro atoms. The van der Waals surface area contributed by atoms with Gasteiger partial charge in [-0.15, -0.1) is 11.3 Å². The Bertz CT molecular complexity index is 1250. The predicted molar refractivity (Wildman–Crippen MR) is 138 cm³/mol. The van der Waals surface area contributed by atoms with E-state index < -0.39 is 0 Å². The molecule has 4 rings (SSSR count). The van der Waals surface area contributed by atoms with Gasteiger partial charge in [-0.25, -0.2) is 10.4 Å². The van der Waals surface area contributed by atoms with E-state index in [1.54, 1.807) is 18.3 Å². The molecule has 0 unspecified atom stereocenters. The highest BCUT2D eigenvalue weighted by Gasteiger charge is 2.08. The lowest BCUT2D eigenvalue weighted by atomic mass is 10.0. The molecule has 0 aliphatic carbocycles. The van der Waals surface area contributed by atoms with Crippen LogP contribution in [0.25, 0.3) is 11.3 Å². The molecule has 0 atom stereocenters. The Morgan fingerprint density at radius 3 is 2.36 bits per heavy atom. The Balaban J connectivity index is 1.35. The van der Waals surface area contributed by atoms with Gasteiger partial charge in [0.2, 0.25) is 0 Å². The predicted octanol–water partition coefficient (Wildman–Crippen LogP) is 7.09. The summed E-state index contributed by atoms with van der Waals surface area (Å²) in [6, 6.07) is 22.9. The molecule has 0 fully saturated rings. The van der Waals surface area contributed by atoms with E-state index in [-0.39, 0.29) is 5.91 Å². The van der Waals surface area contributed by atoms with Crippen molar-refractivity contribution in [2.45, 2.75) is 19.8 Å². The molecule has 33 heavy (non-hydrogen) atoms. The van der Waals surface area contributed by atoms with Crippen molar-refractivity contribution in [1.82, 2.24) is 10.4 Å². The first-order chi connectivity index (χ1) is 16.0. The second-order valence-corrected chi connectivity index (χ2v) is 9.06. The maximum Gasteiger partial charge on any atom is 0.271 e. The van der Waals surface area contributed by atoms with Crippen molar-refractivity contribution < 1.29 is 4.79 Å². The Morgan fingerprint density at radius 1 is 1.00 bits per heavy atom. The molecule has 0 saturated heterocycles. The van der Waals surface area contributed by atoms with Gasteiger partial charge in [-0.05, 0) is 53.4 Å². The molecule has 2 N–H and O–H groups in total. The van der Waals surface area contributed by atoms with Crippen LogP contribution in [0.3, 0.4) is 0 Å². The molecule has 0 radical (unpaired) electrons. The molecule has 166 valence electrons. The third kappa shape index (κ3) is 6.06. The van der Waals surface area contributed by atoms with Crippen molar-refractivity contribution in [2.24, 2.45) is 5.10 Å². The number of nitrogens with zero attached hydrogens (tertiary/aromatic N) is 2. The van der Waals surface area contributed by atoms with Crippen LogP contribution in [0.5, 0.6) is 0 Å². The first-order valence-electron chi connectivity index (χ1n) is 10.5. The van der Waals surface area contributed by atoms with Gasteiger partial charge in [-0.1, -0.05) is 61.8 Å². The average molecular weight is 475 g/mol. The first-order valence-corrected chi connectivity index (χ1v) is 11.8. The summed E-state index contributed by atoms with van der Waals surface area (Å²) in [7, 11) is 0. The largest absolute Gasteiger partial charge is 0.332 e. The van der Waals surface area contributed by atoms with Crippen LogP contribution in [0.15, 0.2) is 83.3 Å². The molecule has 7 heteroatoms. The van der Waals surface area contributed by atoms with Gasteiger partial charge in [0.15, 0.2) is 5.13 Å². The standard InChI is InChI=1S/C26H23ClN4OS/c1-17(2)19-5-3-18(4-6-19)15-28-31-25(32)21-9-7-20(8-10-21)24-16-33-26(30-24)29-23-13-11-22(27)12-14-23/h3-17H,1-2H3,(H,29,30)(H,31,32)/b28-15-. The van der Waals surface area contributed by atoms with E-state index in [4.69, 9.17) is 11.6 Å². The average Bonchev–Trinajstić information content (AvgIpc) is 3.29. The van der Waals surface area contributed by atoms with Gasteiger partial charge < -0.3 is 5.32 Å². The van der Waals surface area contributed by atoms with Crippen molar-refractivity contribution in [2.75, 3.05) is 5.32 Å². The molecular weight excluding hydrogens is 452 g/mol. The minimum Gasteiger partial charge on any atom is -0.332 e. The molecule has 0 aliphatic rings. The van der Waals surface area contributed by atoms with E-state index >= 15 is 0 Å². The summed E-state index contributed by atoms with van der Waals surface area (Å²) >= 11 is 7.44. The third-order valence-electron chi connectivity index (χ3n) is 5.03. The van der Waals surface area contributed by atoms with E-state index in [1.807, 2.05) is 53.9 Å². The van der Waals surface area contributed by atoms with Gasteiger partial charge in [0.25, 0.3) is 5.91 Å². The molecule has 1 aromatic heterocycles. The summed E-state index contributed by atoms with van der Waals surface area (Å²) in [6.07, 6.45) is 1.64. The SMILES string of the molecule is CC(C)c1ccc(/C=N\NC(=O)c2ccc(-c3csc(Nc4ccc(Cl)cc4)n3)cc2)cc1. The quantitative estimate of drug-likeness (QED) is 0.222. The number of carbonyl (C=O) groups excluding carboxylic acids is 1. The normalized spacial score (nSPS) is 11.2. The highest BCUT2D eigenvalue weighted by molar-refractivity contribution is 7.14. The van der Waals surface area contributed by atoms with Gasteiger partial charge in [0.1, 0.15) is 0 Å². The van der Waals surface area contributed by atoms with Crippen LogP contribution < -0.4 is 10.7 Å². The van der Waals surface area contributed by atoms with Crippen LogP contribution in [-0.2, 0) is 0 Å². The fourth-order valence-electron chi connectivity index (χ4n) is 3.11. The van der Waals surface area contributed by atoms with Gasteiger partial charge in [0, 0.05) is 27.2 Å². The number of hydrogen-bond donors (Lipinski definition) is 2. The van der Waals surface area contributed by atoms with Crippen LogP contribution in [0.4, 0.5) is 10.8 Å². The number of hydrogen-bond acceptors (Lipinski definition) is 5. The number of hydrazone groups is 1. The summed E-state index contributed by atoms with van der Waals surface area (Å²) in [5.74, 6) is 0.217. The summed E-state index contributed by atoms with van der Waals surface area (Å²) < 4.78 is 0. The number of amides is 1. The number of aromatic nitrogens is 1. The molecule has 1 amide bonds. The van der Waals surface area contributed by atoms with Crippen LogP contribution in [0.2, 0.25) is 5.02 Å². The number of nitrogens with one attached hydrogen (secondary N) is 2. The van der Waals surface area contributed by atoms with Crippen molar-refractivity contribution in [1.29, 1.82) is 0 Å². The number of thiazole rings is 1. The smallest absolute Gasteiger partial charge is 0.271 e. The Morgan fingerprint density at radius 2 is 1.70 bits per heavy atom. The van der Waals surface area contributed by atoms with Crippen molar-refractivity contribution in [3.05, 3.63) is 99.9 Å². The van der Waals surface area contributed by atoms with Crippen LogP contribution in [-0.4, -0.2) is 17.1 Å². The van der Waals surface area contributed by atoms with Gasteiger partial charge in [0.05, 0.1) is 11.9 Å². The minimum atomic E-state index is -0.264. The third-order valence-corrected chi connectivity index (χ3v) is 6.04. The Kier molecular flexibility index (Phi) is 7.17. The lowest BCUT2D eigenvalue weighted by molar-refractivity contribution is 0.0955. The first kappa shape index (κ1) is 22.7. The minimum absolute atomic E-state index is 0.264. The van der Waals surface area contributed by atoms with Gasteiger partial charge in [-0.3, -0.25) is 4.79 Å². The van der Waals surface area contributed by atoms with Crippen LogP contribution in [0, 0.1) is 0 Å². The highest BCUT2D eigenvalue weighted by Crippen LogP contribution is 2.27. The van der Waals surface area contributed by atoms with Crippen molar-refractivity contribution >= 4 is 45.9 Å². The van der Waals surface area contributed by atoms with Crippen molar-refractivity contribution in [3.63, 3.8) is 0 Å². The van der Waals surface area contributed by atoms with Crippen molar-refractivity contribution in [3.8, 4) is 11.3 Å². The number of benzene rings is 3. The number of carbonyl (C=O) groups is 1. The van der Waals surface area contributed by atoms with Crippen LogP contribution in [0.1, 0.15) is 41.3 Å². The molecule has 3 aromatic carbocycles. The molecule has 5 nitrogen and oxygen atoms in total. The van der Waals surface area contributed by atoms with E-state index in [0.29, 0.717) is 16.5 Å². The molecule has 0 saturated carbocycles. The number of rotatable bonds is 7. The zero-order chi connectivity index (χ0) is 23.2. The number of anilines is 2. The maximum absolute atomic E-state index is 12.4. The zero-order valence-corrected chi connectivity index (χ0v) is 19.8. The summed E-state index contributed by atoms with van der Waals surface area (Å²) in [6.45, 7) is 4.31.